The number of nitrogens with one attached hydrogen (secondary N) is 2. The number of aryl methyl sites for hydroxylation is 1. The Balaban J connectivity index is 1.56. The number of amides is 1. The van der Waals surface area contributed by atoms with E-state index >= 15 is 0 Å². The number of aromatic nitrogens is 2. The second-order valence-corrected chi connectivity index (χ2v) is 4.84. The van der Waals surface area contributed by atoms with Crippen molar-refractivity contribution < 1.29 is 9.53 Å². The molecule has 1 aromatic rings. The molecule has 0 atom stereocenters. The van der Waals surface area contributed by atoms with Crippen LogP contribution in [0.15, 0.2) is 12.3 Å². The SMILES string of the molecule is Cn1ccc(CCNC(=O)COC2CCNCC2)n1. The minimum atomic E-state index is -0.0468. The lowest BCUT2D eigenvalue weighted by Crippen LogP contribution is -2.36. The lowest BCUT2D eigenvalue weighted by atomic mass is 10.1. The Morgan fingerprint density at radius 2 is 2.37 bits per heavy atom. The molecule has 0 spiro atoms. The van der Waals surface area contributed by atoms with Crippen molar-refractivity contribution in [3.63, 3.8) is 0 Å². The van der Waals surface area contributed by atoms with E-state index in [1.54, 1.807) is 4.68 Å². The van der Waals surface area contributed by atoms with Gasteiger partial charge in [-0.15, -0.1) is 0 Å². The third-order valence-electron chi connectivity index (χ3n) is 3.21. The smallest absolute Gasteiger partial charge is 0.246 e. The van der Waals surface area contributed by atoms with Gasteiger partial charge in [0.1, 0.15) is 6.61 Å². The topological polar surface area (TPSA) is 68.2 Å². The average Bonchev–Trinajstić information content (AvgIpc) is 2.83. The molecule has 1 aliphatic heterocycles. The fraction of sp³-hybridized carbons (Fsp3) is 0.692. The van der Waals surface area contributed by atoms with E-state index in [1.165, 1.54) is 0 Å². The molecule has 0 unspecified atom stereocenters. The van der Waals surface area contributed by atoms with Crippen LogP contribution in [0.25, 0.3) is 0 Å². The molecule has 19 heavy (non-hydrogen) atoms. The fourth-order valence-electron chi connectivity index (χ4n) is 2.13. The molecule has 2 N–H and O–H groups in total. The molecule has 1 saturated heterocycles. The molecule has 2 heterocycles. The summed E-state index contributed by atoms with van der Waals surface area (Å²) in [5.41, 5.74) is 0.988. The summed E-state index contributed by atoms with van der Waals surface area (Å²) in [5, 5.41) is 10.4. The van der Waals surface area contributed by atoms with Gasteiger partial charge in [0, 0.05) is 26.2 Å². The molecule has 6 nitrogen and oxygen atoms in total. The molecule has 0 saturated carbocycles. The number of carbonyl (C=O) groups excluding carboxylic acids is 1. The van der Waals surface area contributed by atoms with Gasteiger partial charge in [0.2, 0.25) is 5.91 Å². The van der Waals surface area contributed by atoms with E-state index in [9.17, 15) is 4.79 Å². The van der Waals surface area contributed by atoms with E-state index in [4.69, 9.17) is 4.74 Å². The molecule has 0 aromatic carbocycles. The van der Waals surface area contributed by atoms with Crippen molar-refractivity contribution >= 4 is 5.91 Å². The normalized spacial score (nSPS) is 16.5. The molecule has 1 amide bonds. The monoisotopic (exact) mass is 266 g/mol. The summed E-state index contributed by atoms with van der Waals surface area (Å²) >= 11 is 0. The first kappa shape index (κ1) is 14.0. The van der Waals surface area contributed by atoms with Crippen molar-refractivity contribution in [1.29, 1.82) is 0 Å². The summed E-state index contributed by atoms with van der Waals surface area (Å²) < 4.78 is 7.34. The minimum absolute atomic E-state index is 0.0468. The molecule has 1 aliphatic rings. The van der Waals surface area contributed by atoms with Crippen LogP contribution in [0.4, 0.5) is 0 Å². The van der Waals surface area contributed by atoms with Gasteiger partial charge in [-0.2, -0.15) is 5.10 Å². The lowest BCUT2D eigenvalue weighted by molar-refractivity contribution is -0.128. The van der Waals surface area contributed by atoms with Crippen molar-refractivity contribution in [2.24, 2.45) is 7.05 Å². The van der Waals surface area contributed by atoms with E-state index in [0.29, 0.717) is 6.54 Å². The van der Waals surface area contributed by atoms with Gasteiger partial charge >= 0.3 is 0 Å². The maximum absolute atomic E-state index is 11.6. The summed E-state index contributed by atoms with van der Waals surface area (Å²) in [6.07, 6.45) is 4.85. The molecule has 0 aliphatic carbocycles. The van der Waals surface area contributed by atoms with E-state index in [0.717, 1.165) is 38.0 Å². The zero-order chi connectivity index (χ0) is 13.5. The summed E-state index contributed by atoms with van der Waals surface area (Å²) in [7, 11) is 1.88. The predicted octanol–water partition coefficient (Wildman–Crippen LogP) is -0.153. The zero-order valence-electron chi connectivity index (χ0n) is 11.4. The maximum atomic E-state index is 11.6. The van der Waals surface area contributed by atoms with Gasteiger partial charge in [-0.05, 0) is 32.0 Å². The van der Waals surface area contributed by atoms with Crippen LogP contribution < -0.4 is 10.6 Å². The molecule has 2 rings (SSSR count). The summed E-state index contributed by atoms with van der Waals surface area (Å²) in [5.74, 6) is -0.0468. The Kier molecular flexibility index (Phi) is 5.35. The zero-order valence-corrected chi connectivity index (χ0v) is 11.4. The van der Waals surface area contributed by atoms with Crippen LogP contribution in [0.2, 0.25) is 0 Å². The van der Waals surface area contributed by atoms with Crippen LogP contribution in [-0.4, -0.2) is 48.0 Å². The van der Waals surface area contributed by atoms with E-state index in [-0.39, 0.29) is 18.6 Å². The summed E-state index contributed by atoms with van der Waals surface area (Å²) in [4.78, 5) is 11.6. The highest BCUT2D eigenvalue weighted by Gasteiger charge is 2.14. The Morgan fingerprint density at radius 3 is 3.05 bits per heavy atom. The van der Waals surface area contributed by atoms with E-state index < -0.39 is 0 Å². The van der Waals surface area contributed by atoms with E-state index in [1.807, 2.05) is 19.3 Å². The molecule has 1 fully saturated rings. The molecular formula is C13H22N4O2. The minimum Gasteiger partial charge on any atom is -0.368 e. The number of piperidine rings is 1. The van der Waals surface area contributed by atoms with Crippen LogP contribution in [0, 0.1) is 0 Å². The van der Waals surface area contributed by atoms with Crippen LogP contribution in [0.1, 0.15) is 18.5 Å². The van der Waals surface area contributed by atoms with Crippen molar-refractivity contribution in [2.75, 3.05) is 26.2 Å². The third-order valence-corrected chi connectivity index (χ3v) is 3.21. The van der Waals surface area contributed by atoms with Gasteiger partial charge in [-0.3, -0.25) is 9.48 Å². The highest BCUT2D eigenvalue weighted by molar-refractivity contribution is 5.77. The van der Waals surface area contributed by atoms with Crippen molar-refractivity contribution in [1.82, 2.24) is 20.4 Å². The van der Waals surface area contributed by atoms with Crippen LogP contribution in [-0.2, 0) is 23.0 Å². The first-order valence-corrected chi connectivity index (χ1v) is 6.81. The van der Waals surface area contributed by atoms with Gasteiger partial charge in [0.05, 0.1) is 11.8 Å². The summed E-state index contributed by atoms with van der Waals surface area (Å²) in [6, 6.07) is 1.96. The number of hydrogen-bond acceptors (Lipinski definition) is 4. The third kappa shape index (κ3) is 5.00. The number of carbonyl (C=O) groups is 1. The molecule has 106 valence electrons. The Bertz CT molecular complexity index is 399. The quantitative estimate of drug-likeness (QED) is 0.751. The molecule has 6 heteroatoms. The average molecular weight is 266 g/mol. The van der Waals surface area contributed by atoms with Crippen LogP contribution in [0.5, 0.6) is 0 Å². The maximum Gasteiger partial charge on any atom is 0.246 e. The van der Waals surface area contributed by atoms with Gasteiger partial charge in [0.15, 0.2) is 0 Å². The van der Waals surface area contributed by atoms with Crippen molar-refractivity contribution in [3.8, 4) is 0 Å². The van der Waals surface area contributed by atoms with Gasteiger partial charge in [-0.25, -0.2) is 0 Å². The molecule has 1 aromatic heterocycles. The van der Waals surface area contributed by atoms with Crippen LogP contribution in [0.3, 0.4) is 0 Å². The highest BCUT2D eigenvalue weighted by Crippen LogP contribution is 2.06. The lowest BCUT2D eigenvalue weighted by Gasteiger charge is -2.22. The van der Waals surface area contributed by atoms with E-state index in [2.05, 4.69) is 15.7 Å². The molecular weight excluding hydrogens is 244 g/mol. The number of ether oxygens (including phenoxy) is 1. The predicted molar refractivity (Wildman–Crippen MR) is 71.8 cm³/mol. The number of hydrogen-bond donors (Lipinski definition) is 2. The standard InChI is InChI=1S/C13H22N4O2/c1-17-9-5-11(16-17)2-8-15-13(18)10-19-12-3-6-14-7-4-12/h5,9,12,14H,2-4,6-8,10H2,1H3,(H,15,18). The Labute approximate surface area is 113 Å². The number of rotatable bonds is 6. The first-order chi connectivity index (χ1) is 9.24. The fourth-order valence-corrected chi connectivity index (χ4v) is 2.13. The second kappa shape index (κ2) is 7.25. The molecule has 0 bridgehead atoms. The first-order valence-electron chi connectivity index (χ1n) is 6.81. The largest absolute Gasteiger partial charge is 0.368 e. The Hall–Kier alpha value is -1.40. The highest BCUT2D eigenvalue weighted by atomic mass is 16.5. The van der Waals surface area contributed by atoms with Crippen molar-refractivity contribution in [2.45, 2.75) is 25.4 Å². The number of nitrogens with zero attached hydrogens (tertiary/aromatic N) is 2. The summed E-state index contributed by atoms with van der Waals surface area (Å²) in [6.45, 7) is 2.72. The Morgan fingerprint density at radius 1 is 1.58 bits per heavy atom. The van der Waals surface area contributed by atoms with Crippen LogP contribution >= 0.6 is 0 Å². The van der Waals surface area contributed by atoms with Gasteiger partial charge in [-0.1, -0.05) is 0 Å². The second-order valence-electron chi connectivity index (χ2n) is 4.84. The van der Waals surface area contributed by atoms with Crippen molar-refractivity contribution in [3.05, 3.63) is 18.0 Å². The van der Waals surface area contributed by atoms with Gasteiger partial charge in [0.25, 0.3) is 0 Å². The molecule has 0 radical (unpaired) electrons. The van der Waals surface area contributed by atoms with Gasteiger partial charge < -0.3 is 15.4 Å².